The van der Waals surface area contributed by atoms with E-state index in [0.29, 0.717) is 6.42 Å². The van der Waals surface area contributed by atoms with E-state index in [-0.39, 0.29) is 5.97 Å². The number of rotatable bonds is 15. The van der Waals surface area contributed by atoms with Crippen LogP contribution in [0.5, 0.6) is 0 Å². The van der Waals surface area contributed by atoms with E-state index in [2.05, 4.69) is 36.0 Å². The molecule has 1 atom stereocenters. The van der Waals surface area contributed by atoms with Gasteiger partial charge in [0.05, 0.1) is 0 Å². The summed E-state index contributed by atoms with van der Waals surface area (Å²) in [5.74, 6) is -0.300. The molecule has 1 N–H and O–H groups in total. The van der Waals surface area contributed by atoms with Gasteiger partial charge in [-0.1, -0.05) is 63.3 Å². The highest BCUT2D eigenvalue weighted by Crippen LogP contribution is 2.09. The second-order valence-electron chi connectivity index (χ2n) is 6.07. The first-order chi connectivity index (χ1) is 11.2. The van der Waals surface area contributed by atoms with E-state index >= 15 is 0 Å². The molecule has 0 heterocycles. The zero-order chi connectivity index (χ0) is 17.2. The number of aliphatic hydroxyl groups excluding tert-OH is 1. The number of hydrogen-bond acceptors (Lipinski definition) is 3. The third-order valence-corrected chi connectivity index (χ3v) is 3.63. The summed E-state index contributed by atoms with van der Waals surface area (Å²) in [6.07, 6.45) is 21.4. The summed E-state index contributed by atoms with van der Waals surface area (Å²) in [6, 6.07) is 0. The Balaban J connectivity index is 3.26. The van der Waals surface area contributed by atoms with Crippen molar-refractivity contribution >= 4 is 5.97 Å². The molecule has 0 spiro atoms. The summed E-state index contributed by atoms with van der Waals surface area (Å²) >= 11 is 0. The number of esters is 1. The number of carbonyl (C=O) groups is 1. The van der Waals surface area contributed by atoms with Crippen molar-refractivity contribution in [1.82, 2.24) is 0 Å². The van der Waals surface area contributed by atoms with E-state index < -0.39 is 6.29 Å². The maximum absolute atomic E-state index is 11.2. The molecule has 0 fully saturated rings. The van der Waals surface area contributed by atoms with Gasteiger partial charge in [0, 0.05) is 6.42 Å². The quantitative estimate of drug-likeness (QED) is 0.182. The summed E-state index contributed by atoms with van der Waals surface area (Å²) in [7, 11) is 0. The lowest BCUT2D eigenvalue weighted by Gasteiger charge is -2.06. The van der Waals surface area contributed by atoms with Gasteiger partial charge in [0.15, 0.2) is 6.29 Å². The smallest absolute Gasteiger partial charge is 0.308 e. The summed E-state index contributed by atoms with van der Waals surface area (Å²) in [4.78, 5) is 11.2. The average molecular weight is 325 g/mol. The van der Waals surface area contributed by atoms with Gasteiger partial charge < -0.3 is 9.84 Å². The highest BCUT2D eigenvalue weighted by atomic mass is 16.6. The summed E-state index contributed by atoms with van der Waals surface area (Å²) < 4.78 is 4.67. The van der Waals surface area contributed by atoms with Crippen LogP contribution in [0.1, 0.15) is 90.9 Å². The molecular weight excluding hydrogens is 288 g/mol. The number of hydrogen-bond donors (Lipinski definition) is 1. The molecule has 0 saturated carbocycles. The first-order valence-corrected chi connectivity index (χ1v) is 9.34. The van der Waals surface area contributed by atoms with Crippen molar-refractivity contribution in [2.75, 3.05) is 0 Å². The van der Waals surface area contributed by atoms with Crippen LogP contribution in [-0.2, 0) is 9.53 Å². The van der Waals surface area contributed by atoms with Crippen molar-refractivity contribution < 1.29 is 14.6 Å². The van der Waals surface area contributed by atoms with Crippen LogP contribution in [0.15, 0.2) is 24.3 Å². The minimum atomic E-state index is -0.986. The van der Waals surface area contributed by atoms with Crippen molar-refractivity contribution in [3.8, 4) is 0 Å². The maximum atomic E-state index is 11.2. The second kappa shape index (κ2) is 17.3. The monoisotopic (exact) mass is 324 g/mol. The normalized spacial score (nSPS) is 13.0. The van der Waals surface area contributed by atoms with Crippen LogP contribution in [0, 0.1) is 0 Å². The Labute approximate surface area is 142 Å². The summed E-state index contributed by atoms with van der Waals surface area (Å²) in [5.41, 5.74) is 0. The molecule has 0 aromatic heterocycles. The van der Waals surface area contributed by atoms with Gasteiger partial charge in [0.1, 0.15) is 0 Å². The molecule has 0 aromatic carbocycles. The topological polar surface area (TPSA) is 46.5 Å². The maximum Gasteiger partial charge on any atom is 0.308 e. The van der Waals surface area contributed by atoms with Crippen LogP contribution in [0.3, 0.4) is 0 Å². The molecule has 1 unspecified atom stereocenters. The zero-order valence-corrected chi connectivity index (χ0v) is 15.1. The van der Waals surface area contributed by atoms with Crippen molar-refractivity contribution in [2.45, 2.75) is 97.2 Å². The Bertz CT molecular complexity index is 319. The van der Waals surface area contributed by atoms with Crippen molar-refractivity contribution in [1.29, 1.82) is 0 Å². The highest BCUT2D eigenvalue weighted by molar-refractivity contribution is 5.69. The Morgan fingerprint density at radius 2 is 1.48 bits per heavy atom. The van der Waals surface area contributed by atoms with Gasteiger partial charge >= 0.3 is 5.97 Å². The lowest BCUT2D eigenvalue weighted by atomic mass is 10.1. The molecule has 0 amide bonds. The van der Waals surface area contributed by atoms with Crippen LogP contribution in [-0.4, -0.2) is 17.4 Å². The van der Waals surface area contributed by atoms with E-state index in [9.17, 15) is 4.79 Å². The molecule has 3 heteroatoms. The molecule has 0 aliphatic rings. The number of ether oxygens (including phenoxy) is 1. The molecule has 3 nitrogen and oxygen atoms in total. The fraction of sp³-hybridized carbons (Fsp3) is 0.750. The molecular formula is C20H36O3. The van der Waals surface area contributed by atoms with E-state index in [4.69, 9.17) is 5.11 Å². The van der Waals surface area contributed by atoms with Crippen LogP contribution in [0.2, 0.25) is 0 Å². The Morgan fingerprint density at radius 1 is 0.913 bits per heavy atom. The Hall–Kier alpha value is -1.09. The van der Waals surface area contributed by atoms with E-state index in [1.165, 1.54) is 45.4 Å². The SMILES string of the molecule is CCCCC/C=C\C/C=C\CCCCCCCC(=O)OC(C)O. The third kappa shape index (κ3) is 18.9. The van der Waals surface area contributed by atoms with Crippen LogP contribution >= 0.6 is 0 Å². The van der Waals surface area contributed by atoms with Gasteiger partial charge in [0.25, 0.3) is 0 Å². The van der Waals surface area contributed by atoms with Crippen molar-refractivity contribution in [3.05, 3.63) is 24.3 Å². The molecule has 0 aromatic rings. The second-order valence-corrected chi connectivity index (χ2v) is 6.07. The number of carbonyl (C=O) groups excluding carboxylic acids is 1. The lowest BCUT2D eigenvalue weighted by Crippen LogP contribution is -2.13. The Kier molecular flexibility index (Phi) is 16.4. The fourth-order valence-corrected chi connectivity index (χ4v) is 2.33. The van der Waals surface area contributed by atoms with E-state index in [1.807, 2.05) is 0 Å². The first-order valence-electron chi connectivity index (χ1n) is 9.34. The number of unbranched alkanes of at least 4 members (excludes halogenated alkanes) is 8. The fourth-order valence-electron chi connectivity index (χ4n) is 2.33. The Morgan fingerprint density at radius 3 is 2.09 bits per heavy atom. The molecule has 0 aliphatic carbocycles. The van der Waals surface area contributed by atoms with Crippen molar-refractivity contribution in [2.24, 2.45) is 0 Å². The minimum Gasteiger partial charge on any atom is -0.436 e. The largest absolute Gasteiger partial charge is 0.436 e. The van der Waals surface area contributed by atoms with Crippen LogP contribution in [0.4, 0.5) is 0 Å². The molecule has 0 bridgehead atoms. The molecule has 0 aliphatic heterocycles. The van der Waals surface area contributed by atoms with Gasteiger partial charge in [0.2, 0.25) is 0 Å². The molecule has 0 rings (SSSR count). The van der Waals surface area contributed by atoms with E-state index in [0.717, 1.165) is 32.1 Å². The zero-order valence-electron chi connectivity index (χ0n) is 15.1. The first kappa shape index (κ1) is 21.9. The standard InChI is InChI=1S/C20H36O3/c1-3-4-5-6-7-8-9-10-11-12-13-14-15-16-17-18-20(22)23-19(2)21/h7-8,10-11,19,21H,3-6,9,12-18H2,1-2H3/b8-7-,11-10-. The summed E-state index contributed by atoms with van der Waals surface area (Å²) in [5, 5.41) is 8.89. The van der Waals surface area contributed by atoms with E-state index in [1.54, 1.807) is 0 Å². The van der Waals surface area contributed by atoms with Gasteiger partial charge in [-0.3, -0.25) is 4.79 Å². The number of aliphatic hydroxyl groups is 1. The van der Waals surface area contributed by atoms with Crippen molar-refractivity contribution in [3.63, 3.8) is 0 Å². The van der Waals surface area contributed by atoms with Gasteiger partial charge in [-0.25, -0.2) is 0 Å². The minimum absolute atomic E-state index is 0.300. The van der Waals surface area contributed by atoms with Gasteiger partial charge in [-0.15, -0.1) is 0 Å². The highest BCUT2D eigenvalue weighted by Gasteiger charge is 2.05. The molecule has 23 heavy (non-hydrogen) atoms. The molecule has 0 radical (unpaired) electrons. The predicted molar refractivity (Wildman–Crippen MR) is 97.1 cm³/mol. The summed E-state index contributed by atoms with van der Waals surface area (Å²) in [6.45, 7) is 3.69. The van der Waals surface area contributed by atoms with Crippen LogP contribution < -0.4 is 0 Å². The predicted octanol–water partition coefficient (Wildman–Crippen LogP) is 5.68. The molecule has 0 saturated heterocycles. The van der Waals surface area contributed by atoms with Crippen LogP contribution in [0.25, 0.3) is 0 Å². The molecule has 134 valence electrons. The van der Waals surface area contributed by atoms with Gasteiger partial charge in [-0.2, -0.15) is 0 Å². The lowest BCUT2D eigenvalue weighted by molar-refractivity contribution is -0.164. The average Bonchev–Trinajstić information content (AvgIpc) is 2.50. The van der Waals surface area contributed by atoms with Gasteiger partial charge in [-0.05, 0) is 45.4 Å². The third-order valence-electron chi connectivity index (χ3n) is 3.63. The number of allylic oxidation sites excluding steroid dienone is 4.